The number of hydrogen-bond donors (Lipinski definition) is 3. The lowest BCUT2D eigenvalue weighted by Gasteiger charge is -2.18. The average Bonchev–Trinajstić information content (AvgIpc) is 3.69. The van der Waals surface area contributed by atoms with E-state index in [1.165, 1.54) is 10.9 Å². The van der Waals surface area contributed by atoms with E-state index in [-0.39, 0.29) is 48.4 Å². The van der Waals surface area contributed by atoms with Gasteiger partial charge in [0.05, 0.1) is 31.6 Å². The Morgan fingerprint density at radius 3 is 2.36 bits per heavy atom. The highest BCUT2D eigenvalue weighted by Crippen LogP contribution is 2.26. The molecule has 4 aromatic rings. The summed E-state index contributed by atoms with van der Waals surface area (Å²) in [6, 6.07) is 17.6. The summed E-state index contributed by atoms with van der Waals surface area (Å²) in [6.07, 6.45) is 3.02. The van der Waals surface area contributed by atoms with Crippen LogP contribution in [0.2, 0.25) is 0 Å². The number of oxazole rings is 1. The van der Waals surface area contributed by atoms with Gasteiger partial charge in [-0.1, -0.05) is 70.2 Å². The topological polar surface area (TPSA) is 149 Å². The molecule has 1 unspecified atom stereocenters. The molecule has 2 aromatic carbocycles. The van der Waals surface area contributed by atoms with E-state index in [1.54, 1.807) is 32.0 Å². The van der Waals surface area contributed by atoms with Crippen molar-refractivity contribution in [3.8, 4) is 22.7 Å². The van der Waals surface area contributed by atoms with E-state index in [9.17, 15) is 19.5 Å². The van der Waals surface area contributed by atoms with Gasteiger partial charge >= 0.3 is 5.97 Å². The van der Waals surface area contributed by atoms with Gasteiger partial charge in [-0.15, -0.1) is 0 Å². The molecule has 0 saturated heterocycles. The van der Waals surface area contributed by atoms with Crippen LogP contribution in [-0.2, 0) is 22.7 Å². The monoisotopic (exact) mass is 601 g/mol. The molecule has 11 heteroatoms. The summed E-state index contributed by atoms with van der Waals surface area (Å²) in [6.45, 7) is 8.43. The molecule has 44 heavy (non-hydrogen) atoms. The third kappa shape index (κ3) is 8.19. The van der Waals surface area contributed by atoms with Crippen molar-refractivity contribution in [2.24, 2.45) is 5.92 Å². The Labute approximate surface area is 256 Å². The fourth-order valence-electron chi connectivity index (χ4n) is 4.63. The second-order valence-corrected chi connectivity index (χ2v) is 10.8. The number of carbonyl (C=O) groups is 3. The second kappa shape index (κ2) is 15.1. The van der Waals surface area contributed by atoms with Crippen LogP contribution >= 0.6 is 0 Å². The molecular formula is C33H39N5O6. The van der Waals surface area contributed by atoms with Crippen molar-refractivity contribution in [2.45, 2.75) is 65.8 Å². The highest BCUT2D eigenvalue weighted by Gasteiger charge is 2.26. The van der Waals surface area contributed by atoms with Crippen molar-refractivity contribution in [3.63, 3.8) is 0 Å². The summed E-state index contributed by atoms with van der Waals surface area (Å²) >= 11 is 0. The zero-order valence-corrected chi connectivity index (χ0v) is 25.4. The molecule has 0 radical (unpaired) electrons. The largest absolute Gasteiger partial charge is 0.480 e. The maximum Gasteiger partial charge on any atom is 0.326 e. The van der Waals surface area contributed by atoms with Crippen LogP contribution in [0.1, 0.15) is 67.1 Å². The Balaban J connectivity index is 1.57. The van der Waals surface area contributed by atoms with Crippen molar-refractivity contribution in [1.29, 1.82) is 0 Å². The summed E-state index contributed by atoms with van der Waals surface area (Å²) in [5.41, 5.74) is 3.03. The van der Waals surface area contributed by atoms with Gasteiger partial charge in [0.1, 0.15) is 11.7 Å². The van der Waals surface area contributed by atoms with E-state index in [4.69, 9.17) is 9.15 Å². The quantitative estimate of drug-likeness (QED) is 0.158. The average molecular weight is 602 g/mol. The van der Waals surface area contributed by atoms with E-state index in [0.717, 1.165) is 18.4 Å². The first-order valence-corrected chi connectivity index (χ1v) is 14.8. The van der Waals surface area contributed by atoms with E-state index in [1.807, 2.05) is 56.3 Å². The zero-order valence-electron chi connectivity index (χ0n) is 25.4. The van der Waals surface area contributed by atoms with Crippen molar-refractivity contribution in [3.05, 3.63) is 83.9 Å². The lowest BCUT2D eigenvalue weighted by Crippen LogP contribution is -2.45. The number of ether oxygens (including phenoxy) is 1. The molecule has 232 valence electrons. The number of aromatic nitrogens is 3. The first-order chi connectivity index (χ1) is 21.2. The van der Waals surface area contributed by atoms with Gasteiger partial charge in [-0.25, -0.2) is 9.78 Å². The number of carboxylic acids is 1. The van der Waals surface area contributed by atoms with Crippen molar-refractivity contribution in [1.82, 2.24) is 25.4 Å². The molecule has 2 amide bonds. The van der Waals surface area contributed by atoms with Crippen LogP contribution in [0.25, 0.3) is 22.7 Å². The number of aliphatic carboxylic acids is 1. The van der Waals surface area contributed by atoms with E-state index >= 15 is 0 Å². The van der Waals surface area contributed by atoms with Crippen LogP contribution < -0.4 is 10.6 Å². The van der Waals surface area contributed by atoms with Gasteiger partial charge in [0, 0.05) is 17.2 Å². The van der Waals surface area contributed by atoms with Crippen molar-refractivity contribution in [2.75, 3.05) is 6.61 Å². The molecule has 0 bridgehead atoms. The Morgan fingerprint density at radius 2 is 1.68 bits per heavy atom. The normalized spacial score (nSPS) is 12.0. The molecular weight excluding hydrogens is 562 g/mol. The van der Waals surface area contributed by atoms with Gasteiger partial charge in [0.15, 0.2) is 0 Å². The molecule has 0 aliphatic rings. The van der Waals surface area contributed by atoms with Crippen LogP contribution in [0.15, 0.2) is 71.3 Å². The Bertz CT molecular complexity index is 1560. The van der Waals surface area contributed by atoms with E-state index < -0.39 is 17.9 Å². The van der Waals surface area contributed by atoms with E-state index in [0.29, 0.717) is 23.4 Å². The van der Waals surface area contributed by atoms with Gasteiger partial charge < -0.3 is 24.9 Å². The summed E-state index contributed by atoms with van der Waals surface area (Å²) in [5, 5.41) is 19.9. The summed E-state index contributed by atoms with van der Waals surface area (Å²) < 4.78 is 13.1. The van der Waals surface area contributed by atoms with Gasteiger partial charge in [-0.2, -0.15) is 5.10 Å². The van der Waals surface area contributed by atoms with Gasteiger partial charge in [-0.3, -0.25) is 14.3 Å². The molecule has 0 fully saturated rings. The molecule has 0 saturated carbocycles. The Hall–Kier alpha value is -4.77. The molecule has 1 atom stereocenters. The standard InChI is InChI=1S/C33H39N5O6/c1-5-25(6-2)35-31(40)28-19-34-32(44-28)24-14-10-13-23(17-24)26-18-27(30(39)36-29(21(3)4)33(41)42)38(37-26)15-16-43-20-22-11-8-7-9-12-22/h7-14,17-19,21,25,29H,5-6,15-16,20H2,1-4H3,(H,35,40)(H,36,39)(H,41,42). The zero-order chi connectivity index (χ0) is 31.6. The molecule has 0 aliphatic carbocycles. The molecule has 2 aromatic heterocycles. The highest BCUT2D eigenvalue weighted by atomic mass is 16.5. The maximum absolute atomic E-state index is 13.3. The lowest BCUT2D eigenvalue weighted by atomic mass is 10.0. The number of hydrogen-bond acceptors (Lipinski definition) is 7. The summed E-state index contributed by atoms with van der Waals surface area (Å²) in [5.74, 6) is -1.91. The lowest BCUT2D eigenvalue weighted by molar-refractivity contribution is -0.140. The predicted molar refractivity (Wildman–Crippen MR) is 165 cm³/mol. The second-order valence-electron chi connectivity index (χ2n) is 10.8. The number of carboxylic acid groups (broad SMARTS) is 1. The van der Waals surface area contributed by atoms with Gasteiger partial charge in [-0.05, 0) is 42.5 Å². The molecule has 0 aliphatic heterocycles. The molecule has 2 heterocycles. The van der Waals surface area contributed by atoms with Crippen molar-refractivity contribution >= 4 is 17.8 Å². The number of rotatable bonds is 15. The van der Waals surface area contributed by atoms with Gasteiger partial charge in [0.2, 0.25) is 11.7 Å². The summed E-state index contributed by atoms with van der Waals surface area (Å²) in [7, 11) is 0. The first-order valence-electron chi connectivity index (χ1n) is 14.8. The van der Waals surface area contributed by atoms with E-state index in [2.05, 4.69) is 20.7 Å². The maximum atomic E-state index is 13.3. The number of amides is 2. The third-order valence-electron chi connectivity index (χ3n) is 7.25. The molecule has 11 nitrogen and oxygen atoms in total. The minimum absolute atomic E-state index is 0.0518. The third-order valence-corrected chi connectivity index (χ3v) is 7.25. The van der Waals surface area contributed by atoms with Crippen LogP contribution in [-0.4, -0.2) is 56.3 Å². The predicted octanol–water partition coefficient (Wildman–Crippen LogP) is 5.18. The smallest absolute Gasteiger partial charge is 0.326 e. The number of nitrogens with one attached hydrogen (secondary N) is 2. The summed E-state index contributed by atoms with van der Waals surface area (Å²) in [4.78, 5) is 42.0. The fourth-order valence-corrected chi connectivity index (χ4v) is 4.63. The van der Waals surface area contributed by atoms with Crippen molar-refractivity contribution < 1.29 is 28.6 Å². The SMILES string of the molecule is CCC(CC)NC(=O)c1cnc(-c2cccc(-c3cc(C(=O)NC(C(=O)O)C(C)C)n(CCOCc4ccccc4)n3)c2)o1. The van der Waals surface area contributed by atoms with Crippen LogP contribution in [0, 0.1) is 5.92 Å². The first kappa shape index (κ1) is 32.2. The number of carbonyl (C=O) groups excluding carboxylic acids is 2. The number of nitrogens with zero attached hydrogens (tertiary/aromatic N) is 3. The molecule has 4 rings (SSSR count). The van der Waals surface area contributed by atoms with Crippen LogP contribution in [0.3, 0.4) is 0 Å². The Kier molecular flexibility index (Phi) is 11.0. The molecule has 3 N–H and O–H groups in total. The fraction of sp³-hybridized carbons (Fsp3) is 0.364. The van der Waals surface area contributed by atoms with Crippen LogP contribution in [0.5, 0.6) is 0 Å². The number of benzene rings is 2. The van der Waals surface area contributed by atoms with Gasteiger partial charge in [0.25, 0.3) is 11.8 Å². The minimum atomic E-state index is -1.11. The Morgan fingerprint density at radius 1 is 0.955 bits per heavy atom. The minimum Gasteiger partial charge on any atom is -0.480 e. The highest BCUT2D eigenvalue weighted by molar-refractivity contribution is 5.96. The van der Waals surface area contributed by atoms with Crippen LogP contribution in [0.4, 0.5) is 0 Å². The molecule has 0 spiro atoms.